The minimum atomic E-state index is 0.883. The average molecular weight is 569 g/mol. The van der Waals surface area contributed by atoms with Gasteiger partial charge < -0.3 is 9.32 Å². The molecule has 4 heteroatoms. The van der Waals surface area contributed by atoms with E-state index in [1.54, 1.807) is 0 Å². The summed E-state index contributed by atoms with van der Waals surface area (Å²) < 4.78 is 8.69. The quantitative estimate of drug-likeness (QED) is 0.211. The lowest BCUT2D eigenvalue weighted by Gasteiger charge is -2.26. The Morgan fingerprint density at radius 3 is 2.09 bits per heavy atom. The summed E-state index contributed by atoms with van der Waals surface area (Å²) in [6.45, 7) is 0. The lowest BCUT2D eigenvalue weighted by Crippen LogP contribution is -2.10. The summed E-state index contributed by atoms with van der Waals surface area (Å²) in [5.74, 6) is 0. The number of hydrogen-bond donors (Lipinski definition) is 0. The number of hydrogen-bond acceptors (Lipinski definition) is 4. The molecule has 0 spiro atoms. The van der Waals surface area contributed by atoms with Crippen molar-refractivity contribution in [3.8, 4) is 11.1 Å². The predicted octanol–water partition coefficient (Wildman–Crippen LogP) is 11.6. The van der Waals surface area contributed by atoms with Crippen LogP contribution in [0.25, 0.3) is 64.0 Å². The first-order valence-electron chi connectivity index (χ1n) is 14.4. The minimum absolute atomic E-state index is 0.883. The van der Waals surface area contributed by atoms with Gasteiger partial charge in [0.25, 0.3) is 0 Å². The van der Waals surface area contributed by atoms with E-state index in [1.807, 2.05) is 35.9 Å². The Kier molecular flexibility index (Phi) is 5.37. The van der Waals surface area contributed by atoms with E-state index >= 15 is 0 Å². The van der Waals surface area contributed by atoms with Crippen molar-refractivity contribution in [3.05, 3.63) is 146 Å². The molecule has 0 amide bonds. The predicted molar refractivity (Wildman–Crippen MR) is 182 cm³/mol. The summed E-state index contributed by atoms with van der Waals surface area (Å²) in [7, 11) is 0. The number of rotatable bonds is 4. The standard InChI is InChI=1S/C39H24N2OS/c1-2-8-25(9-3-1)26-14-17-28(18-15-26)41(29-19-21-37-33(22-29)31-12-6-7-13-36(31)42-37)35-24-40-23-34-32-20-16-27-10-4-5-11-30(27)38(32)43-39(34)35/h1-24H. The Morgan fingerprint density at radius 1 is 0.488 bits per heavy atom. The molecule has 0 saturated carbocycles. The third-order valence-corrected chi connectivity index (χ3v) is 9.62. The number of para-hydroxylation sites is 1. The van der Waals surface area contributed by atoms with E-state index in [9.17, 15) is 0 Å². The first kappa shape index (κ1) is 24.2. The van der Waals surface area contributed by atoms with Crippen LogP contribution in [0, 0.1) is 0 Å². The van der Waals surface area contributed by atoms with Gasteiger partial charge in [-0.15, -0.1) is 11.3 Å². The van der Waals surface area contributed by atoms with Crippen molar-refractivity contribution in [3.63, 3.8) is 0 Å². The number of pyridine rings is 1. The van der Waals surface area contributed by atoms with Crippen LogP contribution < -0.4 is 4.90 Å². The zero-order valence-electron chi connectivity index (χ0n) is 23.1. The van der Waals surface area contributed by atoms with Crippen molar-refractivity contribution >= 4 is 81.3 Å². The maximum atomic E-state index is 6.19. The molecule has 0 aliphatic rings. The molecule has 3 aromatic heterocycles. The molecule has 0 atom stereocenters. The highest BCUT2D eigenvalue weighted by molar-refractivity contribution is 7.27. The van der Waals surface area contributed by atoms with Crippen molar-refractivity contribution in [2.75, 3.05) is 4.90 Å². The van der Waals surface area contributed by atoms with Crippen LogP contribution in [0.15, 0.2) is 150 Å². The Labute approximate surface area is 251 Å². The van der Waals surface area contributed by atoms with E-state index in [1.165, 1.54) is 42.1 Å². The van der Waals surface area contributed by atoms with Crippen molar-refractivity contribution in [2.45, 2.75) is 0 Å². The van der Waals surface area contributed by atoms with Gasteiger partial charge in [-0.05, 0) is 58.3 Å². The fourth-order valence-corrected chi connectivity index (χ4v) is 7.59. The van der Waals surface area contributed by atoms with Gasteiger partial charge in [0.15, 0.2) is 0 Å². The van der Waals surface area contributed by atoms with Gasteiger partial charge in [0.1, 0.15) is 11.2 Å². The number of furan rings is 1. The third kappa shape index (κ3) is 3.84. The second-order valence-corrected chi connectivity index (χ2v) is 11.8. The second kappa shape index (κ2) is 9.55. The molecule has 43 heavy (non-hydrogen) atoms. The summed E-state index contributed by atoms with van der Waals surface area (Å²) in [5, 5.41) is 7.15. The normalized spacial score (nSPS) is 11.7. The number of benzene rings is 6. The molecule has 9 aromatic rings. The fraction of sp³-hybridized carbons (Fsp3) is 0. The molecule has 6 aromatic carbocycles. The van der Waals surface area contributed by atoms with Crippen LogP contribution in [-0.2, 0) is 0 Å². The van der Waals surface area contributed by atoms with Crippen LogP contribution in [0.3, 0.4) is 0 Å². The molecule has 0 aliphatic heterocycles. The van der Waals surface area contributed by atoms with Crippen LogP contribution in [0.4, 0.5) is 17.1 Å². The highest BCUT2D eigenvalue weighted by Gasteiger charge is 2.20. The SMILES string of the molecule is c1ccc(-c2ccc(N(c3ccc4oc5ccccc5c4c3)c3cncc4c3sc3c5ccccc5ccc43)cc2)cc1. The minimum Gasteiger partial charge on any atom is -0.456 e. The van der Waals surface area contributed by atoms with E-state index in [0.29, 0.717) is 0 Å². The van der Waals surface area contributed by atoms with Crippen molar-refractivity contribution in [1.82, 2.24) is 4.98 Å². The number of anilines is 3. The monoisotopic (exact) mass is 568 g/mol. The molecule has 0 saturated heterocycles. The number of thiophene rings is 1. The van der Waals surface area contributed by atoms with Gasteiger partial charge in [-0.2, -0.15) is 0 Å². The Balaban J connectivity index is 1.30. The molecule has 0 bridgehead atoms. The van der Waals surface area contributed by atoms with Gasteiger partial charge in [-0.3, -0.25) is 4.98 Å². The van der Waals surface area contributed by atoms with Crippen LogP contribution in [0.1, 0.15) is 0 Å². The highest BCUT2D eigenvalue weighted by atomic mass is 32.1. The number of nitrogens with zero attached hydrogens (tertiary/aromatic N) is 2. The zero-order chi connectivity index (χ0) is 28.3. The summed E-state index contributed by atoms with van der Waals surface area (Å²) in [6, 6.07) is 47.1. The Bertz CT molecular complexity index is 2460. The summed E-state index contributed by atoms with van der Waals surface area (Å²) in [5.41, 5.74) is 7.36. The van der Waals surface area contributed by atoms with E-state index < -0.39 is 0 Å². The second-order valence-electron chi connectivity index (χ2n) is 10.8. The molecular formula is C39H24N2OS. The van der Waals surface area contributed by atoms with Gasteiger partial charge in [0, 0.05) is 43.8 Å². The van der Waals surface area contributed by atoms with Gasteiger partial charge in [-0.1, -0.05) is 97.1 Å². The Morgan fingerprint density at radius 2 is 1.21 bits per heavy atom. The molecule has 3 heterocycles. The zero-order valence-corrected chi connectivity index (χ0v) is 23.9. The summed E-state index contributed by atoms with van der Waals surface area (Å²) in [6.07, 6.45) is 4.01. The van der Waals surface area contributed by atoms with Crippen molar-refractivity contribution in [2.24, 2.45) is 0 Å². The molecular weight excluding hydrogens is 545 g/mol. The van der Waals surface area contributed by atoms with Crippen LogP contribution in [0.2, 0.25) is 0 Å². The lowest BCUT2D eigenvalue weighted by atomic mass is 10.0. The maximum absolute atomic E-state index is 6.19. The average Bonchev–Trinajstić information content (AvgIpc) is 3.65. The summed E-state index contributed by atoms with van der Waals surface area (Å²) in [4.78, 5) is 7.14. The molecule has 0 N–H and O–H groups in total. The van der Waals surface area contributed by atoms with Crippen molar-refractivity contribution in [1.29, 1.82) is 0 Å². The lowest BCUT2D eigenvalue weighted by molar-refractivity contribution is 0.669. The highest BCUT2D eigenvalue weighted by Crippen LogP contribution is 2.46. The van der Waals surface area contributed by atoms with Crippen LogP contribution in [-0.4, -0.2) is 4.98 Å². The molecule has 9 rings (SSSR count). The van der Waals surface area contributed by atoms with Crippen molar-refractivity contribution < 1.29 is 4.42 Å². The molecule has 0 fully saturated rings. The van der Waals surface area contributed by atoms with Gasteiger partial charge in [0.05, 0.1) is 16.6 Å². The third-order valence-electron chi connectivity index (χ3n) is 8.34. The first-order chi connectivity index (χ1) is 21.3. The molecule has 0 aliphatic carbocycles. The number of aromatic nitrogens is 1. The van der Waals surface area contributed by atoms with Gasteiger partial charge >= 0.3 is 0 Å². The molecule has 3 nitrogen and oxygen atoms in total. The van der Waals surface area contributed by atoms with E-state index in [2.05, 4.69) is 126 Å². The van der Waals surface area contributed by atoms with Gasteiger partial charge in [0.2, 0.25) is 0 Å². The molecule has 202 valence electrons. The first-order valence-corrected chi connectivity index (χ1v) is 15.2. The fourth-order valence-electron chi connectivity index (χ4n) is 6.28. The largest absolute Gasteiger partial charge is 0.456 e. The number of fused-ring (bicyclic) bond motifs is 8. The van der Waals surface area contributed by atoms with Gasteiger partial charge in [-0.25, -0.2) is 0 Å². The topological polar surface area (TPSA) is 29.3 Å². The van der Waals surface area contributed by atoms with Crippen LogP contribution >= 0.6 is 11.3 Å². The molecule has 0 unspecified atom stereocenters. The molecule has 0 radical (unpaired) electrons. The maximum Gasteiger partial charge on any atom is 0.135 e. The van der Waals surface area contributed by atoms with E-state index in [-0.39, 0.29) is 0 Å². The summed E-state index contributed by atoms with van der Waals surface area (Å²) >= 11 is 1.84. The smallest absolute Gasteiger partial charge is 0.135 e. The Hall–Kier alpha value is -5.45. The van der Waals surface area contributed by atoms with E-state index in [0.717, 1.165) is 39.0 Å². The van der Waals surface area contributed by atoms with Crippen LogP contribution in [0.5, 0.6) is 0 Å². The van der Waals surface area contributed by atoms with E-state index in [4.69, 9.17) is 9.40 Å².